The van der Waals surface area contributed by atoms with E-state index in [1.165, 1.54) is 4.31 Å². The molecule has 1 heterocycles. The van der Waals surface area contributed by atoms with E-state index in [9.17, 15) is 8.42 Å². The number of sulfonamides is 1. The fourth-order valence-electron chi connectivity index (χ4n) is 2.04. The minimum Gasteiger partial charge on any atom is -0.392 e. The molecule has 1 aliphatic heterocycles. The van der Waals surface area contributed by atoms with Gasteiger partial charge in [-0.15, -0.1) is 0 Å². The largest absolute Gasteiger partial charge is 0.392 e. The fraction of sp³-hybridized carbons (Fsp3) is 0.909. The standard InChI is InChI=1S/C11H22N2O2S2/c1-8(10(12)16)17(14,15)13-6-5-9(7-13)11(2,3)4/h8-9H,5-7H2,1-4H3,(H2,12,16). The summed E-state index contributed by atoms with van der Waals surface area (Å²) in [5.41, 5.74) is 5.57. The molecule has 0 radical (unpaired) electrons. The van der Waals surface area contributed by atoms with Crippen molar-refractivity contribution in [3.8, 4) is 0 Å². The van der Waals surface area contributed by atoms with E-state index in [0.29, 0.717) is 19.0 Å². The van der Waals surface area contributed by atoms with Crippen molar-refractivity contribution in [1.29, 1.82) is 0 Å². The quantitative estimate of drug-likeness (QED) is 0.792. The van der Waals surface area contributed by atoms with E-state index in [1.54, 1.807) is 6.92 Å². The SMILES string of the molecule is CC(C(N)=S)S(=O)(=O)N1CCC(C(C)(C)C)C1. The summed E-state index contributed by atoms with van der Waals surface area (Å²) in [7, 11) is -3.36. The summed E-state index contributed by atoms with van der Waals surface area (Å²) in [4.78, 5) is 0.0456. The summed E-state index contributed by atoms with van der Waals surface area (Å²) in [6.45, 7) is 9.15. The van der Waals surface area contributed by atoms with Crippen LogP contribution in [0.5, 0.6) is 0 Å². The van der Waals surface area contributed by atoms with Gasteiger partial charge < -0.3 is 5.73 Å². The lowest BCUT2D eigenvalue weighted by atomic mass is 9.80. The van der Waals surface area contributed by atoms with Gasteiger partial charge in [0.05, 0.1) is 4.99 Å². The molecule has 0 aliphatic carbocycles. The maximum absolute atomic E-state index is 12.2. The number of nitrogens with zero attached hydrogens (tertiary/aromatic N) is 1. The van der Waals surface area contributed by atoms with E-state index in [-0.39, 0.29) is 10.4 Å². The van der Waals surface area contributed by atoms with E-state index < -0.39 is 15.3 Å². The molecule has 2 N–H and O–H groups in total. The summed E-state index contributed by atoms with van der Waals surface area (Å²) in [6.07, 6.45) is 0.910. The fourth-order valence-corrected chi connectivity index (χ4v) is 3.89. The third kappa shape index (κ3) is 3.17. The minimum atomic E-state index is -3.36. The van der Waals surface area contributed by atoms with Crippen LogP contribution < -0.4 is 5.73 Å². The molecule has 0 aromatic heterocycles. The van der Waals surface area contributed by atoms with Crippen LogP contribution in [0.1, 0.15) is 34.1 Å². The van der Waals surface area contributed by atoms with Crippen LogP contribution >= 0.6 is 12.2 Å². The highest BCUT2D eigenvalue weighted by Gasteiger charge is 2.39. The molecule has 0 amide bonds. The van der Waals surface area contributed by atoms with Gasteiger partial charge in [-0.3, -0.25) is 0 Å². The van der Waals surface area contributed by atoms with Crippen LogP contribution in [0.2, 0.25) is 0 Å². The summed E-state index contributed by atoms with van der Waals surface area (Å²) < 4.78 is 25.9. The second-order valence-electron chi connectivity index (χ2n) is 5.80. The Balaban J connectivity index is 2.82. The zero-order chi connectivity index (χ0) is 13.4. The Morgan fingerprint density at radius 1 is 1.47 bits per heavy atom. The Bertz CT molecular complexity index is 398. The molecule has 6 heteroatoms. The summed E-state index contributed by atoms with van der Waals surface area (Å²) >= 11 is 4.78. The van der Waals surface area contributed by atoms with Crippen LogP contribution in [-0.4, -0.2) is 36.1 Å². The Morgan fingerprint density at radius 3 is 2.35 bits per heavy atom. The molecule has 0 saturated carbocycles. The lowest BCUT2D eigenvalue weighted by Gasteiger charge is -2.27. The second-order valence-corrected chi connectivity index (χ2v) is 8.52. The molecule has 2 atom stereocenters. The van der Waals surface area contributed by atoms with Crippen molar-refractivity contribution in [3.63, 3.8) is 0 Å². The summed E-state index contributed by atoms with van der Waals surface area (Å²) in [5.74, 6) is 0.399. The van der Waals surface area contributed by atoms with Crippen molar-refractivity contribution in [2.45, 2.75) is 39.4 Å². The highest BCUT2D eigenvalue weighted by atomic mass is 32.2. The highest BCUT2D eigenvalue weighted by Crippen LogP contribution is 2.35. The molecule has 0 bridgehead atoms. The Morgan fingerprint density at radius 2 is 2.00 bits per heavy atom. The number of hydrogen-bond donors (Lipinski definition) is 1. The first-order valence-corrected chi connectivity index (χ1v) is 7.76. The van der Waals surface area contributed by atoms with E-state index in [4.69, 9.17) is 18.0 Å². The first kappa shape index (κ1) is 14.9. The van der Waals surface area contributed by atoms with Gasteiger partial charge in [0.25, 0.3) is 0 Å². The first-order valence-electron chi connectivity index (χ1n) is 5.85. The number of thiocarbonyl (C=S) groups is 1. The lowest BCUT2D eigenvalue weighted by Crippen LogP contribution is -2.42. The Labute approximate surface area is 110 Å². The van der Waals surface area contributed by atoms with Crippen LogP contribution in [0, 0.1) is 11.3 Å². The average molecular weight is 278 g/mol. The molecule has 1 rings (SSSR count). The third-order valence-electron chi connectivity index (χ3n) is 3.58. The predicted octanol–water partition coefficient (Wildman–Crippen LogP) is 1.36. The van der Waals surface area contributed by atoms with Crippen LogP contribution in [0.25, 0.3) is 0 Å². The number of rotatable bonds is 3. The maximum Gasteiger partial charge on any atom is 0.223 e. The Hall–Kier alpha value is -0.200. The van der Waals surface area contributed by atoms with Crippen LogP contribution in [0.3, 0.4) is 0 Å². The van der Waals surface area contributed by atoms with Gasteiger partial charge in [-0.25, -0.2) is 12.7 Å². The van der Waals surface area contributed by atoms with E-state index in [1.807, 2.05) is 0 Å². The van der Waals surface area contributed by atoms with Crippen LogP contribution in [0.4, 0.5) is 0 Å². The van der Waals surface area contributed by atoms with Gasteiger partial charge in [0.15, 0.2) is 0 Å². The molecule has 17 heavy (non-hydrogen) atoms. The van der Waals surface area contributed by atoms with Crippen molar-refractivity contribution in [2.75, 3.05) is 13.1 Å². The normalized spacial score (nSPS) is 24.8. The molecule has 0 aromatic carbocycles. The number of nitrogens with two attached hydrogens (primary N) is 1. The minimum absolute atomic E-state index is 0.0456. The molecule has 100 valence electrons. The molecule has 0 spiro atoms. The van der Waals surface area contributed by atoms with Crippen molar-refractivity contribution < 1.29 is 8.42 Å². The van der Waals surface area contributed by atoms with Crippen molar-refractivity contribution in [1.82, 2.24) is 4.31 Å². The van der Waals surface area contributed by atoms with E-state index in [0.717, 1.165) is 6.42 Å². The zero-order valence-electron chi connectivity index (χ0n) is 10.9. The molecule has 2 unspecified atom stereocenters. The highest BCUT2D eigenvalue weighted by molar-refractivity contribution is 7.92. The molecule has 1 saturated heterocycles. The van der Waals surface area contributed by atoms with Gasteiger partial charge in [-0.2, -0.15) is 0 Å². The molecular weight excluding hydrogens is 256 g/mol. The summed E-state index contributed by atoms with van der Waals surface area (Å²) in [6, 6.07) is 0. The monoisotopic (exact) mass is 278 g/mol. The average Bonchev–Trinajstić information content (AvgIpc) is 2.64. The molecule has 1 aliphatic rings. The van der Waals surface area contributed by atoms with Crippen LogP contribution in [0.15, 0.2) is 0 Å². The second kappa shape index (κ2) is 4.82. The van der Waals surface area contributed by atoms with Gasteiger partial charge >= 0.3 is 0 Å². The van der Waals surface area contributed by atoms with Gasteiger partial charge in [0, 0.05) is 13.1 Å². The summed E-state index contributed by atoms with van der Waals surface area (Å²) in [5, 5.41) is -0.767. The maximum atomic E-state index is 12.2. The first-order chi connectivity index (χ1) is 7.56. The van der Waals surface area contributed by atoms with Gasteiger partial charge in [0.2, 0.25) is 10.0 Å². The third-order valence-corrected chi connectivity index (χ3v) is 6.28. The van der Waals surface area contributed by atoms with Crippen molar-refractivity contribution in [2.24, 2.45) is 17.1 Å². The Kier molecular flexibility index (Phi) is 4.21. The van der Waals surface area contributed by atoms with Crippen molar-refractivity contribution in [3.05, 3.63) is 0 Å². The number of hydrogen-bond acceptors (Lipinski definition) is 3. The molecule has 0 aromatic rings. The smallest absolute Gasteiger partial charge is 0.223 e. The van der Waals surface area contributed by atoms with E-state index >= 15 is 0 Å². The van der Waals surface area contributed by atoms with Gasteiger partial charge in [-0.1, -0.05) is 33.0 Å². The van der Waals surface area contributed by atoms with Gasteiger partial charge in [-0.05, 0) is 24.7 Å². The topological polar surface area (TPSA) is 63.4 Å². The predicted molar refractivity (Wildman–Crippen MR) is 74.3 cm³/mol. The molecule has 1 fully saturated rings. The van der Waals surface area contributed by atoms with Gasteiger partial charge in [0.1, 0.15) is 5.25 Å². The van der Waals surface area contributed by atoms with E-state index in [2.05, 4.69) is 20.8 Å². The lowest BCUT2D eigenvalue weighted by molar-refractivity contribution is 0.252. The molecular formula is C11H22N2O2S2. The van der Waals surface area contributed by atoms with Crippen LogP contribution in [-0.2, 0) is 10.0 Å². The van der Waals surface area contributed by atoms with Crippen molar-refractivity contribution >= 4 is 27.2 Å². The molecule has 4 nitrogen and oxygen atoms in total. The zero-order valence-corrected chi connectivity index (χ0v) is 12.6.